The Hall–Kier alpha value is -1.34. The van der Waals surface area contributed by atoms with Crippen LogP contribution < -0.4 is 0 Å². The number of piperidine rings is 1. The normalized spacial score (nSPS) is 27.8. The van der Waals surface area contributed by atoms with Gasteiger partial charge in [0, 0.05) is 52.1 Å². The van der Waals surface area contributed by atoms with Gasteiger partial charge in [0.2, 0.25) is 5.91 Å². The van der Waals surface area contributed by atoms with Gasteiger partial charge in [0.1, 0.15) is 5.60 Å². The third-order valence-electron chi connectivity index (χ3n) is 5.47. The number of hydrogen-bond donors (Lipinski definition) is 0. The van der Waals surface area contributed by atoms with Crippen molar-refractivity contribution < 1.29 is 19.1 Å². The summed E-state index contributed by atoms with van der Waals surface area (Å²) < 4.78 is 11.3. The summed E-state index contributed by atoms with van der Waals surface area (Å²) in [5, 5.41) is 0. The summed E-state index contributed by atoms with van der Waals surface area (Å²) in [6.07, 6.45) is 1.62. The van der Waals surface area contributed by atoms with Gasteiger partial charge in [-0.15, -0.1) is 0 Å². The summed E-state index contributed by atoms with van der Waals surface area (Å²) >= 11 is 0. The first-order valence-corrected chi connectivity index (χ1v) is 8.96. The number of likely N-dealkylation sites (tertiary alicyclic amines) is 1. The van der Waals surface area contributed by atoms with Crippen molar-refractivity contribution in [1.82, 2.24) is 14.7 Å². The van der Waals surface area contributed by atoms with Gasteiger partial charge in [-0.3, -0.25) is 9.69 Å². The average molecular weight is 339 g/mol. The first-order valence-electron chi connectivity index (χ1n) is 8.96. The van der Waals surface area contributed by atoms with E-state index in [9.17, 15) is 9.59 Å². The highest BCUT2D eigenvalue weighted by molar-refractivity contribution is 5.77. The minimum atomic E-state index is -0.390. The van der Waals surface area contributed by atoms with E-state index in [2.05, 4.69) is 18.7 Å². The van der Waals surface area contributed by atoms with E-state index in [1.165, 1.54) is 0 Å². The van der Waals surface area contributed by atoms with Crippen LogP contribution in [0.2, 0.25) is 0 Å². The Morgan fingerprint density at radius 1 is 1.29 bits per heavy atom. The number of ether oxygens (including phenoxy) is 2. The topological polar surface area (TPSA) is 62.3 Å². The number of likely N-dealkylation sites (N-methyl/N-ethyl adjacent to an activating group) is 1. The van der Waals surface area contributed by atoms with E-state index in [1.807, 2.05) is 4.90 Å². The molecule has 3 aliphatic rings. The first-order chi connectivity index (χ1) is 11.4. The molecule has 0 saturated carbocycles. The van der Waals surface area contributed by atoms with Gasteiger partial charge in [-0.25, -0.2) is 4.79 Å². The van der Waals surface area contributed by atoms with Gasteiger partial charge >= 0.3 is 6.09 Å². The second-order valence-electron chi connectivity index (χ2n) is 7.57. The molecule has 3 aliphatic heterocycles. The van der Waals surface area contributed by atoms with Crippen molar-refractivity contribution in [1.29, 1.82) is 0 Å². The zero-order chi connectivity index (χ0) is 17.3. The van der Waals surface area contributed by atoms with Gasteiger partial charge in [-0.05, 0) is 13.8 Å². The minimum Gasteiger partial charge on any atom is -0.441 e. The van der Waals surface area contributed by atoms with Crippen LogP contribution >= 0.6 is 0 Å². The van der Waals surface area contributed by atoms with Crippen molar-refractivity contribution in [2.75, 3.05) is 46.4 Å². The van der Waals surface area contributed by atoms with Gasteiger partial charge in [0.15, 0.2) is 0 Å². The summed E-state index contributed by atoms with van der Waals surface area (Å²) in [5.41, 5.74) is -0.390. The fraction of sp³-hybridized carbons (Fsp3) is 0.882. The number of hydrogen-bond acceptors (Lipinski definition) is 5. The van der Waals surface area contributed by atoms with Crippen LogP contribution in [-0.4, -0.2) is 90.8 Å². The van der Waals surface area contributed by atoms with Gasteiger partial charge in [-0.2, -0.15) is 0 Å². The third kappa shape index (κ3) is 3.67. The molecule has 3 saturated heterocycles. The molecule has 0 aromatic carbocycles. The Morgan fingerprint density at radius 3 is 2.58 bits per heavy atom. The van der Waals surface area contributed by atoms with E-state index in [1.54, 1.807) is 11.9 Å². The SMILES string of the molecule is CC(C)N1CCO[C@@H](CC(=O)N2CCC3(CC2)CN(C)C(=O)O3)C1. The van der Waals surface area contributed by atoms with Crippen molar-refractivity contribution in [3.63, 3.8) is 0 Å². The summed E-state index contributed by atoms with van der Waals surface area (Å²) in [5.74, 6) is 0.151. The molecule has 136 valence electrons. The van der Waals surface area contributed by atoms with Gasteiger partial charge in [-0.1, -0.05) is 0 Å². The van der Waals surface area contributed by atoms with Crippen molar-refractivity contribution in [3.8, 4) is 0 Å². The molecule has 1 spiro atoms. The lowest BCUT2D eigenvalue weighted by Crippen LogP contribution is -2.51. The highest BCUT2D eigenvalue weighted by Gasteiger charge is 2.46. The maximum atomic E-state index is 12.6. The molecule has 3 heterocycles. The highest BCUT2D eigenvalue weighted by atomic mass is 16.6. The van der Waals surface area contributed by atoms with E-state index in [0.29, 0.717) is 38.7 Å². The zero-order valence-corrected chi connectivity index (χ0v) is 15.0. The van der Waals surface area contributed by atoms with Gasteiger partial charge in [0.25, 0.3) is 0 Å². The van der Waals surface area contributed by atoms with Crippen molar-refractivity contribution >= 4 is 12.0 Å². The molecule has 3 fully saturated rings. The van der Waals surface area contributed by atoms with Crippen LogP contribution in [0.1, 0.15) is 33.1 Å². The Morgan fingerprint density at radius 2 is 2.00 bits per heavy atom. The third-order valence-corrected chi connectivity index (χ3v) is 5.47. The molecule has 3 rings (SSSR count). The summed E-state index contributed by atoms with van der Waals surface area (Å²) in [7, 11) is 1.76. The molecule has 0 radical (unpaired) electrons. The van der Waals surface area contributed by atoms with Gasteiger partial charge in [0.05, 0.1) is 25.7 Å². The van der Waals surface area contributed by atoms with E-state index in [-0.39, 0.29) is 18.1 Å². The zero-order valence-electron chi connectivity index (χ0n) is 15.0. The maximum Gasteiger partial charge on any atom is 0.410 e. The summed E-state index contributed by atoms with van der Waals surface area (Å²) in [6, 6.07) is 0.482. The first kappa shape index (κ1) is 17.5. The Labute approximate surface area is 143 Å². The smallest absolute Gasteiger partial charge is 0.410 e. The lowest BCUT2D eigenvalue weighted by atomic mass is 9.91. The Balaban J connectivity index is 1.48. The molecule has 7 heteroatoms. The number of nitrogens with zero attached hydrogens (tertiary/aromatic N) is 3. The predicted octanol–water partition coefficient (Wildman–Crippen LogP) is 0.929. The molecule has 24 heavy (non-hydrogen) atoms. The Kier molecular flexibility index (Phi) is 5.01. The second kappa shape index (κ2) is 6.88. The van der Waals surface area contributed by atoms with E-state index >= 15 is 0 Å². The fourth-order valence-corrected chi connectivity index (χ4v) is 3.87. The average Bonchev–Trinajstić information content (AvgIpc) is 2.82. The number of morpholine rings is 1. The van der Waals surface area contributed by atoms with Crippen LogP contribution in [-0.2, 0) is 14.3 Å². The molecular weight excluding hydrogens is 310 g/mol. The lowest BCUT2D eigenvalue weighted by Gasteiger charge is -2.39. The van der Waals surface area contributed by atoms with E-state index < -0.39 is 5.60 Å². The van der Waals surface area contributed by atoms with Crippen LogP contribution in [0.3, 0.4) is 0 Å². The molecular formula is C17H29N3O4. The van der Waals surface area contributed by atoms with E-state index in [0.717, 1.165) is 25.9 Å². The maximum absolute atomic E-state index is 12.6. The fourth-order valence-electron chi connectivity index (χ4n) is 3.87. The minimum absolute atomic E-state index is 0.0139. The molecule has 0 aromatic rings. The molecule has 1 atom stereocenters. The predicted molar refractivity (Wildman–Crippen MR) is 88.7 cm³/mol. The summed E-state index contributed by atoms with van der Waals surface area (Å²) in [6.45, 7) is 8.74. The number of carbonyl (C=O) groups is 2. The van der Waals surface area contributed by atoms with Crippen molar-refractivity contribution in [2.24, 2.45) is 0 Å². The van der Waals surface area contributed by atoms with Crippen LogP contribution in [0.25, 0.3) is 0 Å². The number of carbonyl (C=O) groups excluding carboxylic acids is 2. The number of amides is 2. The Bertz CT molecular complexity index is 488. The number of rotatable bonds is 3. The molecule has 0 aliphatic carbocycles. The van der Waals surface area contributed by atoms with Gasteiger partial charge < -0.3 is 19.3 Å². The monoisotopic (exact) mass is 339 g/mol. The molecule has 2 amide bonds. The molecule has 0 unspecified atom stereocenters. The van der Waals surface area contributed by atoms with Crippen molar-refractivity contribution in [2.45, 2.75) is 50.9 Å². The van der Waals surface area contributed by atoms with Crippen molar-refractivity contribution in [3.05, 3.63) is 0 Å². The molecule has 0 N–H and O–H groups in total. The molecule has 0 bridgehead atoms. The summed E-state index contributed by atoms with van der Waals surface area (Å²) in [4.78, 5) is 30.1. The lowest BCUT2D eigenvalue weighted by molar-refractivity contribution is -0.139. The van der Waals surface area contributed by atoms with E-state index in [4.69, 9.17) is 9.47 Å². The quantitative estimate of drug-likeness (QED) is 0.765. The van der Waals surface area contributed by atoms with Crippen LogP contribution in [0.5, 0.6) is 0 Å². The highest BCUT2D eigenvalue weighted by Crippen LogP contribution is 2.32. The standard InChI is InChI=1S/C17H29N3O4/c1-13(2)20-8-9-23-14(11-20)10-15(21)19-6-4-17(5-7-19)12-18(3)16(22)24-17/h13-14H,4-12H2,1-3H3/t14-/m0/s1. The molecule has 7 nitrogen and oxygen atoms in total. The molecule has 0 aromatic heterocycles. The van der Waals surface area contributed by atoms with Crippen LogP contribution in [0.15, 0.2) is 0 Å². The second-order valence-corrected chi connectivity index (χ2v) is 7.57. The van der Waals surface area contributed by atoms with Crippen LogP contribution in [0.4, 0.5) is 4.79 Å². The van der Waals surface area contributed by atoms with Crippen LogP contribution in [0, 0.1) is 0 Å². The largest absolute Gasteiger partial charge is 0.441 e.